The van der Waals surface area contributed by atoms with Crippen molar-refractivity contribution in [2.75, 3.05) is 6.54 Å². The standard InChI is InChI=1S/C16H25NOS/c1-3-11-17-14-8-6-9-15(12-14)19(18)16-10-5-4-7-13(16)2/h4-5,7,10,14-15,17H,3,6,8-9,11-12H2,1-2H3. The lowest BCUT2D eigenvalue weighted by Crippen LogP contribution is -2.38. The van der Waals surface area contributed by atoms with Crippen LogP contribution in [-0.2, 0) is 10.8 Å². The summed E-state index contributed by atoms with van der Waals surface area (Å²) in [7, 11) is -0.848. The maximum atomic E-state index is 12.7. The van der Waals surface area contributed by atoms with Crippen LogP contribution in [0.5, 0.6) is 0 Å². The van der Waals surface area contributed by atoms with Crippen LogP contribution in [0.2, 0.25) is 0 Å². The molecule has 1 saturated carbocycles. The molecular formula is C16H25NOS. The van der Waals surface area contributed by atoms with Crippen LogP contribution < -0.4 is 5.32 Å². The zero-order chi connectivity index (χ0) is 13.7. The first-order chi connectivity index (χ1) is 9.22. The monoisotopic (exact) mass is 279 g/mol. The summed E-state index contributed by atoms with van der Waals surface area (Å²) in [6.45, 7) is 5.33. The Hall–Kier alpha value is -0.670. The van der Waals surface area contributed by atoms with Crippen LogP contribution in [0.25, 0.3) is 0 Å². The van der Waals surface area contributed by atoms with Gasteiger partial charge in [0.05, 0.1) is 10.8 Å². The third kappa shape index (κ3) is 3.90. The highest BCUT2D eigenvalue weighted by Gasteiger charge is 2.27. The minimum absolute atomic E-state index is 0.323. The maximum absolute atomic E-state index is 12.7. The minimum Gasteiger partial charge on any atom is -0.314 e. The zero-order valence-corrected chi connectivity index (χ0v) is 12.8. The topological polar surface area (TPSA) is 29.1 Å². The van der Waals surface area contributed by atoms with E-state index in [-0.39, 0.29) is 0 Å². The van der Waals surface area contributed by atoms with Crippen molar-refractivity contribution in [2.45, 2.75) is 62.1 Å². The molecule has 1 aliphatic carbocycles. The summed E-state index contributed by atoms with van der Waals surface area (Å²) in [5.74, 6) is 0. The van der Waals surface area contributed by atoms with Crippen LogP contribution in [0.15, 0.2) is 29.2 Å². The van der Waals surface area contributed by atoms with E-state index in [1.807, 2.05) is 18.2 Å². The number of aryl methyl sites for hydroxylation is 1. The van der Waals surface area contributed by atoms with E-state index < -0.39 is 10.8 Å². The van der Waals surface area contributed by atoms with Gasteiger partial charge in [0, 0.05) is 16.2 Å². The maximum Gasteiger partial charge on any atom is 0.0564 e. The molecule has 2 rings (SSSR count). The number of nitrogens with one attached hydrogen (secondary N) is 1. The highest BCUT2D eigenvalue weighted by Crippen LogP contribution is 2.27. The molecule has 0 aromatic heterocycles. The van der Waals surface area contributed by atoms with Gasteiger partial charge >= 0.3 is 0 Å². The van der Waals surface area contributed by atoms with E-state index in [0.717, 1.165) is 29.8 Å². The Bertz CT molecular complexity index is 433. The lowest BCUT2D eigenvalue weighted by molar-refractivity contribution is 0.377. The largest absolute Gasteiger partial charge is 0.314 e. The van der Waals surface area contributed by atoms with E-state index in [9.17, 15) is 4.21 Å². The van der Waals surface area contributed by atoms with Gasteiger partial charge in [0.2, 0.25) is 0 Å². The molecule has 0 amide bonds. The zero-order valence-electron chi connectivity index (χ0n) is 12.0. The molecule has 3 atom stereocenters. The Balaban J connectivity index is 2.01. The first-order valence-electron chi connectivity index (χ1n) is 7.42. The van der Waals surface area contributed by atoms with Gasteiger partial charge in [0.25, 0.3) is 0 Å². The molecule has 106 valence electrons. The van der Waals surface area contributed by atoms with Crippen molar-refractivity contribution in [1.29, 1.82) is 0 Å². The molecule has 0 heterocycles. The minimum atomic E-state index is -0.848. The Labute approximate surface area is 119 Å². The van der Waals surface area contributed by atoms with E-state index >= 15 is 0 Å². The van der Waals surface area contributed by atoms with Gasteiger partial charge in [-0.15, -0.1) is 0 Å². The van der Waals surface area contributed by atoms with Crippen molar-refractivity contribution in [3.63, 3.8) is 0 Å². The fraction of sp³-hybridized carbons (Fsp3) is 0.625. The van der Waals surface area contributed by atoms with Gasteiger partial charge < -0.3 is 5.32 Å². The van der Waals surface area contributed by atoms with Gasteiger partial charge in [-0.1, -0.05) is 31.5 Å². The lowest BCUT2D eigenvalue weighted by atomic mass is 9.95. The van der Waals surface area contributed by atoms with Crippen molar-refractivity contribution < 1.29 is 4.21 Å². The summed E-state index contributed by atoms with van der Waals surface area (Å²) >= 11 is 0. The summed E-state index contributed by atoms with van der Waals surface area (Å²) in [5, 5.41) is 3.91. The predicted octanol–water partition coefficient (Wildman–Crippen LogP) is 3.41. The number of benzene rings is 1. The quantitative estimate of drug-likeness (QED) is 0.895. The molecule has 0 aliphatic heterocycles. The summed E-state index contributed by atoms with van der Waals surface area (Å²) in [4.78, 5) is 1.03. The SMILES string of the molecule is CCCNC1CCCC(S(=O)c2ccccc2C)C1. The molecule has 2 nitrogen and oxygen atoms in total. The molecule has 1 aromatic rings. The molecule has 3 heteroatoms. The smallest absolute Gasteiger partial charge is 0.0564 e. The van der Waals surface area contributed by atoms with Crippen LogP contribution in [-0.4, -0.2) is 22.0 Å². The van der Waals surface area contributed by atoms with E-state index in [1.54, 1.807) is 0 Å². The number of rotatable bonds is 5. The van der Waals surface area contributed by atoms with Gasteiger partial charge in [-0.3, -0.25) is 4.21 Å². The second kappa shape index (κ2) is 7.20. The number of hydrogen-bond acceptors (Lipinski definition) is 2. The second-order valence-electron chi connectivity index (χ2n) is 5.50. The van der Waals surface area contributed by atoms with Gasteiger partial charge in [-0.2, -0.15) is 0 Å². The van der Waals surface area contributed by atoms with Crippen LogP contribution >= 0.6 is 0 Å². The highest BCUT2D eigenvalue weighted by molar-refractivity contribution is 7.85. The first-order valence-corrected chi connectivity index (χ1v) is 8.63. The summed E-state index contributed by atoms with van der Waals surface area (Å²) in [6.07, 6.45) is 5.76. The Kier molecular flexibility index (Phi) is 5.59. The summed E-state index contributed by atoms with van der Waals surface area (Å²) < 4.78 is 12.7. The second-order valence-corrected chi connectivity index (χ2v) is 7.20. The first kappa shape index (κ1) is 14.7. The van der Waals surface area contributed by atoms with Crippen molar-refractivity contribution in [3.8, 4) is 0 Å². The molecule has 3 unspecified atom stereocenters. The van der Waals surface area contributed by atoms with E-state index in [2.05, 4.69) is 25.2 Å². The Morgan fingerprint density at radius 3 is 2.84 bits per heavy atom. The molecule has 0 bridgehead atoms. The number of hydrogen-bond donors (Lipinski definition) is 1. The van der Waals surface area contributed by atoms with Crippen LogP contribution in [0.3, 0.4) is 0 Å². The van der Waals surface area contributed by atoms with Crippen molar-refractivity contribution in [2.24, 2.45) is 0 Å². The normalized spacial score (nSPS) is 25.2. The molecule has 0 saturated heterocycles. The third-order valence-electron chi connectivity index (χ3n) is 3.92. The van der Waals surface area contributed by atoms with Gasteiger partial charge in [0.1, 0.15) is 0 Å². The van der Waals surface area contributed by atoms with Crippen LogP contribution in [0.4, 0.5) is 0 Å². The predicted molar refractivity (Wildman–Crippen MR) is 81.9 cm³/mol. The fourth-order valence-electron chi connectivity index (χ4n) is 2.83. The highest BCUT2D eigenvalue weighted by atomic mass is 32.2. The molecular weight excluding hydrogens is 254 g/mol. The van der Waals surface area contributed by atoms with E-state index in [4.69, 9.17) is 0 Å². The molecule has 1 fully saturated rings. The molecule has 0 radical (unpaired) electrons. The molecule has 1 aliphatic rings. The van der Waals surface area contributed by atoms with Gasteiger partial charge in [0.15, 0.2) is 0 Å². The van der Waals surface area contributed by atoms with Crippen LogP contribution in [0, 0.1) is 6.92 Å². The Morgan fingerprint density at radius 2 is 2.11 bits per heavy atom. The van der Waals surface area contributed by atoms with E-state index in [1.165, 1.54) is 19.3 Å². The Morgan fingerprint density at radius 1 is 1.32 bits per heavy atom. The summed E-state index contributed by atoms with van der Waals surface area (Å²) in [5.41, 5.74) is 1.16. The van der Waals surface area contributed by atoms with Crippen molar-refractivity contribution >= 4 is 10.8 Å². The van der Waals surface area contributed by atoms with Crippen LogP contribution in [0.1, 0.15) is 44.6 Å². The van der Waals surface area contributed by atoms with Crippen molar-refractivity contribution in [3.05, 3.63) is 29.8 Å². The van der Waals surface area contributed by atoms with Gasteiger partial charge in [-0.25, -0.2) is 0 Å². The van der Waals surface area contributed by atoms with Crippen molar-refractivity contribution in [1.82, 2.24) is 5.32 Å². The van der Waals surface area contributed by atoms with Gasteiger partial charge in [-0.05, 0) is 50.8 Å². The summed E-state index contributed by atoms with van der Waals surface area (Å²) in [6, 6.07) is 8.65. The average Bonchev–Trinajstić information content (AvgIpc) is 2.45. The third-order valence-corrected chi connectivity index (χ3v) is 5.85. The molecule has 19 heavy (non-hydrogen) atoms. The molecule has 0 spiro atoms. The average molecular weight is 279 g/mol. The lowest BCUT2D eigenvalue weighted by Gasteiger charge is -2.29. The molecule has 1 N–H and O–H groups in total. The van der Waals surface area contributed by atoms with E-state index in [0.29, 0.717) is 11.3 Å². The molecule has 1 aromatic carbocycles. The fourth-order valence-corrected chi connectivity index (χ4v) is 4.58.